The molecule has 4 heterocycles. The fraction of sp³-hybridized carbons (Fsp3) is 0.200. The maximum absolute atomic E-state index is 13.7. The van der Waals surface area contributed by atoms with E-state index in [4.69, 9.17) is 32.9 Å². The Morgan fingerprint density at radius 3 is 2.41 bits per heavy atom. The first-order chi connectivity index (χ1) is 20.0. The molecule has 1 fully saturated rings. The van der Waals surface area contributed by atoms with Crippen molar-refractivity contribution < 1.29 is 4.74 Å². The lowest BCUT2D eigenvalue weighted by Gasteiger charge is -2.28. The molecular formula is C30H27Cl2N7O2. The number of benzene rings is 2. The molecule has 0 bridgehead atoms. The Labute approximate surface area is 246 Å². The van der Waals surface area contributed by atoms with E-state index in [9.17, 15) is 4.79 Å². The highest BCUT2D eigenvalue weighted by Crippen LogP contribution is 2.34. The molecule has 1 aliphatic rings. The van der Waals surface area contributed by atoms with Crippen molar-refractivity contribution in [3.8, 4) is 16.9 Å². The summed E-state index contributed by atoms with van der Waals surface area (Å²) in [5.74, 6) is 2.03. The minimum absolute atomic E-state index is 0.255. The van der Waals surface area contributed by atoms with E-state index in [1.54, 1.807) is 37.7 Å². The predicted octanol–water partition coefficient (Wildman–Crippen LogP) is 5.37. The number of methoxy groups -OCH3 is 1. The highest BCUT2D eigenvalue weighted by Gasteiger charge is 2.18. The van der Waals surface area contributed by atoms with Crippen LogP contribution in [0.5, 0.6) is 5.75 Å². The molecule has 0 spiro atoms. The molecule has 6 rings (SSSR count). The van der Waals surface area contributed by atoms with Gasteiger partial charge in [-0.25, -0.2) is 9.97 Å². The lowest BCUT2D eigenvalue weighted by atomic mass is 10.1. The molecule has 0 amide bonds. The molecule has 0 saturated carbocycles. The maximum Gasteiger partial charge on any atom is 0.229 e. The summed E-state index contributed by atoms with van der Waals surface area (Å²) in [5.41, 5.74) is 2.80. The van der Waals surface area contributed by atoms with Crippen LogP contribution in [-0.2, 0) is 6.54 Å². The fourth-order valence-corrected chi connectivity index (χ4v) is 5.49. The Hall–Kier alpha value is -4.18. The quantitative estimate of drug-likeness (QED) is 0.262. The summed E-state index contributed by atoms with van der Waals surface area (Å²) in [5, 5.41) is 7.71. The van der Waals surface area contributed by atoms with Gasteiger partial charge in [-0.2, -0.15) is 4.98 Å². The Bertz CT molecular complexity index is 1730. The first-order valence-electron chi connectivity index (χ1n) is 13.2. The third kappa shape index (κ3) is 5.69. The average molecular weight is 588 g/mol. The van der Waals surface area contributed by atoms with Crippen molar-refractivity contribution in [2.45, 2.75) is 6.54 Å². The summed E-state index contributed by atoms with van der Waals surface area (Å²) in [6, 6.07) is 16.8. The van der Waals surface area contributed by atoms with E-state index in [0.717, 1.165) is 49.0 Å². The molecule has 41 heavy (non-hydrogen) atoms. The van der Waals surface area contributed by atoms with E-state index >= 15 is 0 Å². The van der Waals surface area contributed by atoms with Gasteiger partial charge < -0.3 is 24.8 Å². The van der Waals surface area contributed by atoms with Gasteiger partial charge in [-0.3, -0.25) is 4.79 Å². The smallest absolute Gasteiger partial charge is 0.229 e. The normalized spacial score (nSPS) is 13.4. The molecular weight excluding hydrogens is 561 g/mol. The number of ether oxygens (including phenoxy) is 1. The van der Waals surface area contributed by atoms with Crippen LogP contribution >= 0.6 is 23.2 Å². The van der Waals surface area contributed by atoms with Crippen molar-refractivity contribution >= 4 is 51.7 Å². The van der Waals surface area contributed by atoms with E-state index in [0.29, 0.717) is 44.7 Å². The minimum Gasteiger partial charge on any atom is -0.497 e. The van der Waals surface area contributed by atoms with Crippen LogP contribution in [0.4, 0.5) is 17.5 Å². The number of rotatable bonds is 7. The van der Waals surface area contributed by atoms with Crippen LogP contribution in [-0.4, -0.2) is 52.8 Å². The number of halogens is 2. The number of piperazine rings is 1. The molecule has 1 saturated heterocycles. The summed E-state index contributed by atoms with van der Waals surface area (Å²) in [7, 11) is 1.63. The van der Waals surface area contributed by atoms with Gasteiger partial charge >= 0.3 is 0 Å². The highest BCUT2D eigenvalue weighted by molar-refractivity contribution is 6.39. The third-order valence-electron chi connectivity index (χ3n) is 7.00. The van der Waals surface area contributed by atoms with Gasteiger partial charge in [0.25, 0.3) is 0 Å². The minimum atomic E-state index is -0.255. The van der Waals surface area contributed by atoms with E-state index < -0.39 is 0 Å². The molecule has 0 atom stereocenters. The second-order valence-corrected chi connectivity index (χ2v) is 10.5. The van der Waals surface area contributed by atoms with Crippen molar-refractivity contribution in [1.82, 2.24) is 24.8 Å². The molecule has 0 radical (unpaired) electrons. The van der Waals surface area contributed by atoms with Gasteiger partial charge in [0, 0.05) is 56.2 Å². The summed E-state index contributed by atoms with van der Waals surface area (Å²) in [6.07, 6.45) is 5.05. The molecule has 9 nitrogen and oxygen atoms in total. The standard InChI is InChI=1S/C30H27Cl2N7O2/c1-41-21-8-5-19(6-9-21)17-39-18-23(27-24(31)3-2-4-25(27)32)28(40)22-16-35-30(37-29(22)39)36-20-7-10-26(34-15-20)38-13-11-33-12-14-38/h2-10,15-16,18,33H,11-14,17H2,1H3,(H,35,36,37). The topological polar surface area (TPSA) is 97.2 Å². The molecule has 0 aliphatic carbocycles. The van der Waals surface area contributed by atoms with Crippen molar-refractivity contribution in [3.05, 3.63) is 99.0 Å². The predicted molar refractivity (Wildman–Crippen MR) is 164 cm³/mol. The molecule has 2 aromatic carbocycles. The number of nitrogens with zero attached hydrogens (tertiary/aromatic N) is 5. The lowest BCUT2D eigenvalue weighted by Crippen LogP contribution is -2.43. The van der Waals surface area contributed by atoms with Crippen LogP contribution < -0.4 is 25.7 Å². The number of anilines is 3. The number of fused-ring (bicyclic) bond motifs is 1. The van der Waals surface area contributed by atoms with Gasteiger partial charge in [0.1, 0.15) is 17.2 Å². The summed E-state index contributed by atoms with van der Waals surface area (Å²) in [6.45, 7) is 4.15. The number of nitrogens with one attached hydrogen (secondary N) is 2. The zero-order chi connectivity index (χ0) is 28.3. The second kappa shape index (κ2) is 11.7. The average Bonchev–Trinajstić information content (AvgIpc) is 3.00. The van der Waals surface area contributed by atoms with Gasteiger partial charge in [-0.1, -0.05) is 41.4 Å². The number of pyridine rings is 2. The van der Waals surface area contributed by atoms with Crippen molar-refractivity contribution in [2.75, 3.05) is 43.5 Å². The van der Waals surface area contributed by atoms with E-state index in [1.807, 2.05) is 41.0 Å². The monoisotopic (exact) mass is 587 g/mol. The van der Waals surface area contributed by atoms with Gasteiger partial charge in [0.05, 0.1) is 34.4 Å². The zero-order valence-corrected chi connectivity index (χ0v) is 23.8. The largest absolute Gasteiger partial charge is 0.497 e. The molecule has 1 aliphatic heterocycles. The molecule has 0 unspecified atom stereocenters. The van der Waals surface area contributed by atoms with E-state index in [-0.39, 0.29) is 5.43 Å². The highest BCUT2D eigenvalue weighted by atomic mass is 35.5. The zero-order valence-electron chi connectivity index (χ0n) is 22.3. The summed E-state index contributed by atoms with van der Waals surface area (Å²) in [4.78, 5) is 29.8. The number of hydrogen-bond donors (Lipinski definition) is 2. The molecule has 208 valence electrons. The van der Waals surface area contributed by atoms with Gasteiger partial charge in [-0.05, 0) is 42.0 Å². The number of hydrogen-bond acceptors (Lipinski definition) is 8. The number of aromatic nitrogens is 4. The van der Waals surface area contributed by atoms with Crippen LogP contribution in [0, 0.1) is 0 Å². The van der Waals surface area contributed by atoms with Crippen LogP contribution in [0.15, 0.2) is 78.0 Å². The van der Waals surface area contributed by atoms with E-state index in [1.165, 1.54) is 6.20 Å². The fourth-order valence-electron chi connectivity index (χ4n) is 4.88. The third-order valence-corrected chi connectivity index (χ3v) is 7.63. The summed E-state index contributed by atoms with van der Waals surface area (Å²) < 4.78 is 7.21. The first-order valence-corrected chi connectivity index (χ1v) is 13.9. The Morgan fingerprint density at radius 2 is 1.73 bits per heavy atom. The first kappa shape index (κ1) is 27.0. The van der Waals surface area contributed by atoms with Crippen LogP contribution in [0.1, 0.15) is 5.56 Å². The second-order valence-electron chi connectivity index (χ2n) is 9.64. The van der Waals surface area contributed by atoms with Crippen molar-refractivity contribution in [1.29, 1.82) is 0 Å². The molecule has 2 N–H and O–H groups in total. The van der Waals surface area contributed by atoms with Gasteiger partial charge in [-0.15, -0.1) is 0 Å². The SMILES string of the molecule is COc1ccc(Cn2cc(-c3c(Cl)cccc3Cl)c(=O)c3cnc(Nc4ccc(N5CCNCC5)nc4)nc32)cc1. The molecule has 3 aromatic heterocycles. The molecule has 5 aromatic rings. The maximum atomic E-state index is 13.7. The van der Waals surface area contributed by atoms with Crippen molar-refractivity contribution in [3.63, 3.8) is 0 Å². The van der Waals surface area contributed by atoms with Gasteiger partial charge in [0.2, 0.25) is 11.4 Å². The van der Waals surface area contributed by atoms with Crippen molar-refractivity contribution in [2.24, 2.45) is 0 Å². The van der Waals surface area contributed by atoms with Crippen LogP contribution in [0.2, 0.25) is 10.0 Å². The Balaban J connectivity index is 1.40. The lowest BCUT2D eigenvalue weighted by molar-refractivity contribution is 0.414. The van der Waals surface area contributed by atoms with Crippen LogP contribution in [0.3, 0.4) is 0 Å². The summed E-state index contributed by atoms with van der Waals surface area (Å²) >= 11 is 13.0. The van der Waals surface area contributed by atoms with Crippen LogP contribution in [0.25, 0.3) is 22.2 Å². The Morgan fingerprint density at radius 1 is 0.976 bits per heavy atom. The van der Waals surface area contributed by atoms with E-state index in [2.05, 4.69) is 25.5 Å². The Kier molecular flexibility index (Phi) is 7.74. The molecule has 11 heteroatoms. The van der Waals surface area contributed by atoms with Gasteiger partial charge in [0.15, 0.2) is 0 Å².